The fraction of sp³-hybridized carbons (Fsp3) is 1.00. The van der Waals surface area contributed by atoms with Gasteiger partial charge in [-0.15, -0.1) is 0 Å². The van der Waals surface area contributed by atoms with E-state index in [0.717, 1.165) is 19.3 Å². The average molecular weight is 217 g/mol. The highest BCUT2D eigenvalue weighted by molar-refractivity contribution is 4.76. The lowest BCUT2D eigenvalue weighted by molar-refractivity contribution is 0.0147. The summed E-state index contributed by atoms with van der Waals surface area (Å²) in [6.07, 6.45) is 2.75. The highest BCUT2D eigenvalue weighted by Gasteiger charge is 2.22. The Morgan fingerprint density at radius 3 is 2.13 bits per heavy atom. The van der Waals surface area contributed by atoms with Crippen LogP contribution in [0.15, 0.2) is 0 Å². The molecule has 0 saturated heterocycles. The second kappa shape index (κ2) is 7.20. The Morgan fingerprint density at radius 2 is 1.73 bits per heavy atom. The standard InChI is InChI=1S/C12H27NO2/c1-5-10(4)11(14)13-9-8-12(15,6-2)7-3/h10-11,13-15H,5-9H2,1-4H3/t10-,11+/m0/s1. The molecule has 0 fully saturated rings. The van der Waals surface area contributed by atoms with Crippen molar-refractivity contribution in [2.45, 2.75) is 65.2 Å². The molecule has 0 aromatic rings. The number of hydrogen-bond acceptors (Lipinski definition) is 3. The molecule has 0 aromatic heterocycles. The van der Waals surface area contributed by atoms with Crippen LogP contribution in [-0.2, 0) is 0 Å². The maximum absolute atomic E-state index is 10.0. The summed E-state index contributed by atoms with van der Waals surface area (Å²) in [7, 11) is 0. The summed E-state index contributed by atoms with van der Waals surface area (Å²) in [5.41, 5.74) is -0.567. The van der Waals surface area contributed by atoms with Gasteiger partial charge in [0.05, 0.1) is 5.60 Å². The zero-order chi connectivity index (χ0) is 11.9. The molecule has 0 radical (unpaired) electrons. The molecular weight excluding hydrogens is 190 g/mol. The molecule has 0 aromatic carbocycles. The summed E-state index contributed by atoms with van der Waals surface area (Å²) in [5.74, 6) is 0.265. The topological polar surface area (TPSA) is 52.5 Å². The molecule has 15 heavy (non-hydrogen) atoms. The normalized spacial score (nSPS) is 16.4. The molecule has 0 bridgehead atoms. The van der Waals surface area contributed by atoms with Gasteiger partial charge >= 0.3 is 0 Å². The van der Waals surface area contributed by atoms with E-state index >= 15 is 0 Å². The van der Waals surface area contributed by atoms with Gasteiger partial charge in [-0.3, -0.25) is 5.32 Å². The van der Waals surface area contributed by atoms with Crippen molar-refractivity contribution in [2.24, 2.45) is 5.92 Å². The summed E-state index contributed by atoms with van der Waals surface area (Å²) >= 11 is 0. The van der Waals surface area contributed by atoms with Crippen LogP contribution in [0.3, 0.4) is 0 Å². The van der Waals surface area contributed by atoms with E-state index in [4.69, 9.17) is 0 Å². The predicted molar refractivity (Wildman–Crippen MR) is 63.6 cm³/mol. The Kier molecular flexibility index (Phi) is 7.14. The largest absolute Gasteiger partial charge is 0.390 e. The zero-order valence-electron chi connectivity index (χ0n) is 10.6. The summed E-state index contributed by atoms with van der Waals surface area (Å²) < 4.78 is 0. The number of nitrogens with one attached hydrogen (secondary N) is 1. The first-order chi connectivity index (χ1) is 6.99. The first kappa shape index (κ1) is 14.9. The van der Waals surface area contributed by atoms with Crippen LogP contribution in [0.25, 0.3) is 0 Å². The van der Waals surface area contributed by atoms with Crippen molar-refractivity contribution >= 4 is 0 Å². The van der Waals surface area contributed by atoms with E-state index in [1.807, 2.05) is 20.8 Å². The van der Waals surface area contributed by atoms with E-state index in [1.54, 1.807) is 0 Å². The van der Waals surface area contributed by atoms with E-state index in [1.165, 1.54) is 0 Å². The molecule has 92 valence electrons. The summed E-state index contributed by atoms with van der Waals surface area (Å²) in [4.78, 5) is 0. The molecule has 0 spiro atoms. The first-order valence-corrected chi connectivity index (χ1v) is 6.12. The molecular formula is C12H27NO2. The predicted octanol–water partition coefficient (Wildman–Crippen LogP) is 1.88. The number of aliphatic hydroxyl groups is 2. The second-order valence-corrected chi connectivity index (χ2v) is 4.47. The van der Waals surface area contributed by atoms with Crippen molar-refractivity contribution in [1.82, 2.24) is 5.32 Å². The number of hydrogen-bond donors (Lipinski definition) is 3. The molecule has 3 heteroatoms. The lowest BCUT2D eigenvalue weighted by Gasteiger charge is -2.27. The third kappa shape index (κ3) is 5.50. The molecule has 0 rings (SSSR count). The molecule has 0 aliphatic rings. The van der Waals surface area contributed by atoms with Crippen LogP contribution in [0.4, 0.5) is 0 Å². The molecule has 0 aliphatic carbocycles. The van der Waals surface area contributed by atoms with Crippen molar-refractivity contribution in [3.63, 3.8) is 0 Å². The minimum Gasteiger partial charge on any atom is -0.390 e. The monoisotopic (exact) mass is 217 g/mol. The molecule has 0 aliphatic heterocycles. The third-order valence-electron chi connectivity index (χ3n) is 3.44. The van der Waals surface area contributed by atoms with E-state index in [-0.39, 0.29) is 5.92 Å². The van der Waals surface area contributed by atoms with Gasteiger partial charge in [-0.05, 0) is 31.6 Å². The Balaban J connectivity index is 3.78. The smallest absolute Gasteiger partial charge is 0.107 e. The van der Waals surface area contributed by atoms with Gasteiger partial charge in [-0.1, -0.05) is 27.7 Å². The van der Waals surface area contributed by atoms with Crippen LogP contribution in [-0.4, -0.2) is 28.6 Å². The van der Waals surface area contributed by atoms with Crippen LogP contribution >= 0.6 is 0 Å². The van der Waals surface area contributed by atoms with Crippen molar-refractivity contribution in [1.29, 1.82) is 0 Å². The van der Waals surface area contributed by atoms with Crippen LogP contribution in [0.5, 0.6) is 0 Å². The van der Waals surface area contributed by atoms with Gasteiger partial charge in [0.25, 0.3) is 0 Å². The highest BCUT2D eigenvalue weighted by atomic mass is 16.3. The van der Waals surface area contributed by atoms with E-state index < -0.39 is 11.8 Å². The van der Waals surface area contributed by atoms with E-state index in [9.17, 15) is 10.2 Å². The number of rotatable bonds is 8. The van der Waals surface area contributed by atoms with Crippen molar-refractivity contribution in [2.75, 3.05) is 6.54 Å². The zero-order valence-corrected chi connectivity index (χ0v) is 10.6. The molecule has 2 atom stereocenters. The minimum atomic E-state index is -0.567. The maximum atomic E-state index is 10.0. The lowest BCUT2D eigenvalue weighted by atomic mass is 9.93. The Morgan fingerprint density at radius 1 is 1.20 bits per heavy atom. The summed E-state index contributed by atoms with van der Waals surface area (Å²) in [6.45, 7) is 8.74. The van der Waals surface area contributed by atoms with Gasteiger partial charge in [0.2, 0.25) is 0 Å². The van der Waals surface area contributed by atoms with Gasteiger partial charge in [-0.25, -0.2) is 0 Å². The quantitative estimate of drug-likeness (QED) is 0.544. The summed E-state index contributed by atoms with van der Waals surface area (Å²) in [5, 5.41) is 22.7. The molecule has 3 N–H and O–H groups in total. The first-order valence-electron chi connectivity index (χ1n) is 6.12. The van der Waals surface area contributed by atoms with E-state index in [0.29, 0.717) is 13.0 Å². The van der Waals surface area contributed by atoms with Crippen LogP contribution < -0.4 is 5.32 Å². The lowest BCUT2D eigenvalue weighted by Crippen LogP contribution is -2.39. The number of aliphatic hydroxyl groups excluding tert-OH is 1. The van der Waals surface area contributed by atoms with Gasteiger partial charge in [0.15, 0.2) is 0 Å². The Bertz CT molecular complexity index is 158. The van der Waals surface area contributed by atoms with Gasteiger partial charge in [-0.2, -0.15) is 0 Å². The third-order valence-corrected chi connectivity index (χ3v) is 3.44. The Hall–Kier alpha value is -0.120. The fourth-order valence-corrected chi connectivity index (χ4v) is 1.48. The maximum Gasteiger partial charge on any atom is 0.107 e. The fourth-order valence-electron chi connectivity index (χ4n) is 1.48. The van der Waals surface area contributed by atoms with Crippen LogP contribution in [0.2, 0.25) is 0 Å². The van der Waals surface area contributed by atoms with Crippen LogP contribution in [0, 0.1) is 5.92 Å². The Labute approximate surface area is 93.9 Å². The minimum absolute atomic E-state index is 0.265. The van der Waals surface area contributed by atoms with Crippen molar-refractivity contribution < 1.29 is 10.2 Å². The second-order valence-electron chi connectivity index (χ2n) is 4.47. The van der Waals surface area contributed by atoms with Crippen molar-refractivity contribution in [3.05, 3.63) is 0 Å². The van der Waals surface area contributed by atoms with Crippen molar-refractivity contribution in [3.8, 4) is 0 Å². The van der Waals surface area contributed by atoms with Gasteiger partial charge in [0.1, 0.15) is 6.23 Å². The SMILES string of the molecule is CC[C@H](C)[C@@H](O)NCCC(O)(CC)CC. The van der Waals surface area contributed by atoms with Gasteiger partial charge in [0, 0.05) is 6.54 Å². The van der Waals surface area contributed by atoms with Crippen LogP contribution in [0.1, 0.15) is 53.4 Å². The summed E-state index contributed by atoms with van der Waals surface area (Å²) in [6, 6.07) is 0. The molecule has 0 heterocycles. The molecule has 0 saturated carbocycles. The van der Waals surface area contributed by atoms with E-state index in [2.05, 4.69) is 12.2 Å². The molecule has 0 amide bonds. The molecule has 3 nitrogen and oxygen atoms in total. The van der Waals surface area contributed by atoms with Gasteiger partial charge < -0.3 is 10.2 Å². The average Bonchev–Trinajstić information content (AvgIpc) is 2.27. The molecule has 0 unspecified atom stereocenters. The highest BCUT2D eigenvalue weighted by Crippen LogP contribution is 2.18.